The molecular weight excluding hydrogens is 400 g/mol. The Morgan fingerprint density at radius 3 is 2.77 bits per heavy atom. The van der Waals surface area contributed by atoms with E-state index in [-0.39, 0.29) is 13.0 Å². The molecule has 164 valence electrons. The number of rotatable bonds is 7. The smallest absolute Gasteiger partial charge is 0.325 e. The van der Waals surface area contributed by atoms with Gasteiger partial charge in [0.2, 0.25) is 5.78 Å². The van der Waals surface area contributed by atoms with Gasteiger partial charge in [0, 0.05) is 30.2 Å². The van der Waals surface area contributed by atoms with Gasteiger partial charge >= 0.3 is 6.03 Å². The van der Waals surface area contributed by atoms with Crippen molar-refractivity contribution in [1.29, 1.82) is 5.26 Å². The highest BCUT2D eigenvalue weighted by Gasteiger charge is 2.47. The second-order valence-electron chi connectivity index (χ2n) is 7.69. The van der Waals surface area contributed by atoms with Crippen LogP contribution >= 0.6 is 0 Å². The molecule has 0 radical (unpaired) electrons. The lowest BCUT2D eigenvalue weighted by atomic mass is 9.88. The van der Waals surface area contributed by atoms with E-state index >= 15 is 0 Å². The second kappa shape index (κ2) is 9.41. The van der Waals surface area contributed by atoms with Crippen LogP contribution in [0.2, 0.25) is 0 Å². The average molecular weight is 426 g/mol. The predicted molar refractivity (Wildman–Crippen MR) is 111 cm³/mol. The number of ketones is 1. The second-order valence-corrected chi connectivity index (χ2v) is 7.69. The summed E-state index contributed by atoms with van der Waals surface area (Å²) in [4.78, 5) is 27.4. The first kappa shape index (κ1) is 22.7. The van der Waals surface area contributed by atoms with Crippen LogP contribution in [0, 0.1) is 11.3 Å². The van der Waals surface area contributed by atoms with Gasteiger partial charge in [-0.25, -0.2) is 4.79 Å². The summed E-state index contributed by atoms with van der Waals surface area (Å²) in [6, 6.07) is 9.81. The third-order valence-electron chi connectivity index (χ3n) is 5.39. The SMILES string of the molecule is CC(=CC1=CN([C@H]2C[C@H](O)[C@@H](CO)O2)C(=O)NC1(N)C(=O)c1ccccc1)CCC#N. The molecule has 2 heterocycles. The summed E-state index contributed by atoms with van der Waals surface area (Å²) in [5, 5.41) is 30.8. The van der Waals surface area contributed by atoms with Crippen molar-refractivity contribution in [1.82, 2.24) is 10.2 Å². The molecule has 0 aromatic heterocycles. The highest BCUT2D eigenvalue weighted by molar-refractivity contribution is 6.08. The van der Waals surface area contributed by atoms with Gasteiger partial charge in [0.25, 0.3) is 0 Å². The number of nitrogens with zero attached hydrogens (tertiary/aromatic N) is 2. The van der Waals surface area contributed by atoms with Crippen LogP contribution in [0.5, 0.6) is 0 Å². The third kappa shape index (κ3) is 4.68. The number of Topliss-reactive ketones (excluding diaryl/α,β-unsaturated/α-hetero) is 1. The number of benzene rings is 1. The molecule has 9 nitrogen and oxygen atoms in total. The third-order valence-corrected chi connectivity index (χ3v) is 5.39. The standard InChI is InChI=1S/C22H26N4O5/c1-14(6-5-9-23)10-16-12-26(19-11-17(28)18(13-27)31-19)21(30)25-22(16,24)20(29)15-7-3-2-4-8-15/h2-4,7-8,10,12,17-19,27-28H,5-6,11,13,24H2,1H3,(H,25,30)/t17-,18+,19+,22?/m0/s1. The fraction of sp³-hybridized carbons (Fsp3) is 0.409. The highest BCUT2D eigenvalue weighted by Crippen LogP contribution is 2.30. The van der Waals surface area contributed by atoms with Crippen LogP contribution in [0.15, 0.2) is 53.8 Å². The van der Waals surface area contributed by atoms with Gasteiger partial charge in [0.1, 0.15) is 12.3 Å². The molecule has 2 aliphatic rings. The van der Waals surface area contributed by atoms with Gasteiger partial charge in [-0.3, -0.25) is 15.4 Å². The fourth-order valence-corrected chi connectivity index (χ4v) is 3.63. The van der Waals surface area contributed by atoms with Gasteiger partial charge < -0.3 is 20.3 Å². The summed E-state index contributed by atoms with van der Waals surface area (Å²) in [7, 11) is 0. The number of nitrogens with two attached hydrogens (primary N) is 1. The van der Waals surface area contributed by atoms with Crippen LogP contribution in [0.4, 0.5) is 4.79 Å². The highest BCUT2D eigenvalue weighted by atomic mass is 16.5. The van der Waals surface area contributed by atoms with E-state index in [1.807, 2.05) is 6.92 Å². The van der Waals surface area contributed by atoms with Crippen molar-refractivity contribution in [2.24, 2.45) is 5.73 Å². The number of hydrogen-bond acceptors (Lipinski definition) is 7. The molecule has 1 saturated heterocycles. The molecule has 1 fully saturated rings. The van der Waals surface area contributed by atoms with Gasteiger partial charge in [-0.2, -0.15) is 5.26 Å². The number of nitriles is 1. The maximum Gasteiger partial charge on any atom is 0.325 e. The van der Waals surface area contributed by atoms with Crippen LogP contribution in [-0.4, -0.2) is 57.6 Å². The van der Waals surface area contributed by atoms with Crippen LogP contribution in [0.1, 0.15) is 36.5 Å². The van der Waals surface area contributed by atoms with Crippen molar-refractivity contribution in [2.45, 2.75) is 50.3 Å². The van der Waals surface area contributed by atoms with Gasteiger partial charge in [-0.15, -0.1) is 0 Å². The Morgan fingerprint density at radius 1 is 1.45 bits per heavy atom. The molecular formula is C22H26N4O5. The maximum atomic E-state index is 13.3. The van der Waals surface area contributed by atoms with Crippen LogP contribution in [-0.2, 0) is 4.74 Å². The zero-order valence-electron chi connectivity index (χ0n) is 17.2. The summed E-state index contributed by atoms with van der Waals surface area (Å²) in [5.74, 6) is -0.489. The van der Waals surface area contributed by atoms with Crippen molar-refractivity contribution in [3.8, 4) is 6.07 Å². The normalized spacial score (nSPS) is 28.7. The van der Waals surface area contributed by atoms with E-state index in [1.165, 1.54) is 11.1 Å². The van der Waals surface area contributed by atoms with E-state index < -0.39 is 35.9 Å². The Bertz CT molecular complexity index is 939. The Morgan fingerprint density at radius 2 is 2.16 bits per heavy atom. The summed E-state index contributed by atoms with van der Waals surface area (Å²) in [6.45, 7) is 1.42. The minimum Gasteiger partial charge on any atom is -0.394 e. The topological polar surface area (TPSA) is 149 Å². The molecule has 0 bridgehead atoms. The van der Waals surface area contributed by atoms with Crippen molar-refractivity contribution >= 4 is 11.8 Å². The number of aliphatic hydroxyl groups excluding tert-OH is 2. The minimum absolute atomic E-state index is 0.101. The first-order chi connectivity index (χ1) is 14.8. The molecule has 4 atom stereocenters. The lowest BCUT2D eigenvalue weighted by Gasteiger charge is -2.39. The lowest BCUT2D eigenvalue weighted by molar-refractivity contribution is -0.0549. The van der Waals surface area contributed by atoms with Gasteiger partial charge in [0.05, 0.1) is 18.8 Å². The number of ether oxygens (including phenoxy) is 1. The molecule has 0 saturated carbocycles. The molecule has 1 aromatic rings. The van der Waals surface area contributed by atoms with Crippen molar-refractivity contribution in [2.75, 3.05) is 6.61 Å². The summed E-state index contributed by atoms with van der Waals surface area (Å²) < 4.78 is 5.60. The van der Waals surface area contributed by atoms with E-state index in [1.54, 1.807) is 36.4 Å². The zero-order chi connectivity index (χ0) is 22.6. The number of aliphatic hydroxyl groups is 2. The monoisotopic (exact) mass is 426 g/mol. The Labute approximate surface area is 180 Å². The number of carbonyl (C=O) groups is 2. The quantitative estimate of drug-likeness (QED) is 0.478. The van der Waals surface area contributed by atoms with Crippen LogP contribution in [0.25, 0.3) is 0 Å². The molecule has 9 heteroatoms. The van der Waals surface area contributed by atoms with Gasteiger partial charge in [0.15, 0.2) is 5.66 Å². The number of amides is 2. The molecule has 31 heavy (non-hydrogen) atoms. The lowest BCUT2D eigenvalue weighted by Crippen LogP contribution is -2.67. The fourth-order valence-electron chi connectivity index (χ4n) is 3.63. The van der Waals surface area contributed by atoms with E-state index in [0.717, 1.165) is 5.57 Å². The average Bonchev–Trinajstić information content (AvgIpc) is 3.14. The number of urea groups is 1. The first-order valence-corrected chi connectivity index (χ1v) is 10.00. The first-order valence-electron chi connectivity index (χ1n) is 10.00. The van der Waals surface area contributed by atoms with E-state index in [0.29, 0.717) is 24.0 Å². The van der Waals surface area contributed by atoms with E-state index in [4.69, 9.17) is 15.7 Å². The number of allylic oxidation sites excluding steroid dienone is 1. The maximum absolute atomic E-state index is 13.3. The van der Waals surface area contributed by atoms with Crippen molar-refractivity contribution < 1.29 is 24.5 Å². The van der Waals surface area contributed by atoms with Crippen LogP contribution in [0.3, 0.4) is 0 Å². The van der Waals surface area contributed by atoms with E-state index in [9.17, 15) is 19.8 Å². The molecule has 1 aromatic carbocycles. The zero-order valence-corrected chi connectivity index (χ0v) is 17.2. The summed E-state index contributed by atoms with van der Waals surface area (Å²) >= 11 is 0. The largest absolute Gasteiger partial charge is 0.394 e. The van der Waals surface area contributed by atoms with Crippen LogP contribution < -0.4 is 11.1 Å². The molecule has 0 aliphatic carbocycles. The van der Waals surface area contributed by atoms with Crippen molar-refractivity contribution in [3.63, 3.8) is 0 Å². The molecule has 1 unspecified atom stereocenters. The number of hydrogen-bond donors (Lipinski definition) is 4. The molecule has 5 N–H and O–H groups in total. The van der Waals surface area contributed by atoms with Crippen molar-refractivity contribution in [3.05, 3.63) is 59.3 Å². The molecule has 2 aliphatic heterocycles. The summed E-state index contributed by atoms with van der Waals surface area (Å²) in [6.07, 6.45) is 1.43. The Balaban J connectivity index is 2.00. The molecule has 3 rings (SSSR count). The summed E-state index contributed by atoms with van der Waals surface area (Å²) in [5.41, 5.74) is 6.11. The van der Waals surface area contributed by atoms with Gasteiger partial charge in [-0.05, 0) is 13.3 Å². The van der Waals surface area contributed by atoms with E-state index in [2.05, 4.69) is 11.4 Å². The van der Waals surface area contributed by atoms with Gasteiger partial charge in [-0.1, -0.05) is 42.0 Å². The minimum atomic E-state index is -1.82. The number of nitrogens with one attached hydrogen (secondary N) is 1. The molecule has 0 spiro atoms. The Kier molecular flexibility index (Phi) is 6.87. The number of carbonyl (C=O) groups excluding carboxylic acids is 2. The predicted octanol–water partition coefficient (Wildman–Crippen LogP) is 1.15. The Hall–Kier alpha value is -3.03. The molecule has 2 amide bonds.